The first kappa shape index (κ1) is 28.6. The van der Waals surface area contributed by atoms with Crippen LogP contribution in [0.15, 0.2) is 12.2 Å². The first-order valence-corrected chi connectivity index (χ1v) is 12.3. The van der Waals surface area contributed by atoms with Crippen molar-refractivity contribution in [3.05, 3.63) is 12.2 Å². The highest BCUT2D eigenvalue weighted by Gasteiger charge is 2.18. The minimum absolute atomic E-state index is 0.0487. The van der Waals surface area contributed by atoms with Crippen molar-refractivity contribution in [1.29, 1.82) is 0 Å². The standard InChI is InChI=1S/C25H48N2O3/c1-4-5-6-7-8-9-10-11-12-13-14-15-16-17-21-24(28)26-22-19-18-20-23(25(29)30)27(2)3/h16-17,23H,4-15,18-22H2,1-3H3,(H,26,28)(H,29,30)/b17-16+/t23-/m0/s1. The lowest BCUT2D eigenvalue weighted by molar-refractivity contribution is -0.142. The summed E-state index contributed by atoms with van der Waals surface area (Å²) in [6, 6.07) is -0.445. The number of amides is 1. The van der Waals surface area contributed by atoms with E-state index in [-0.39, 0.29) is 5.91 Å². The zero-order valence-corrected chi connectivity index (χ0v) is 20.0. The molecule has 0 fully saturated rings. The smallest absolute Gasteiger partial charge is 0.320 e. The van der Waals surface area contributed by atoms with E-state index in [0.29, 0.717) is 19.4 Å². The van der Waals surface area contributed by atoms with Crippen LogP contribution in [0.1, 0.15) is 110 Å². The fourth-order valence-electron chi connectivity index (χ4n) is 3.60. The fraction of sp³-hybridized carbons (Fsp3) is 0.840. The van der Waals surface area contributed by atoms with Crippen molar-refractivity contribution in [3.63, 3.8) is 0 Å². The van der Waals surface area contributed by atoms with Gasteiger partial charge in [-0.1, -0.05) is 83.3 Å². The Morgan fingerprint density at radius 2 is 1.40 bits per heavy atom. The summed E-state index contributed by atoms with van der Waals surface area (Å²) in [7, 11) is 3.56. The molecular formula is C25H48N2O3. The highest BCUT2D eigenvalue weighted by atomic mass is 16.4. The molecule has 0 aliphatic rings. The molecule has 0 heterocycles. The van der Waals surface area contributed by atoms with Gasteiger partial charge >= 0.3 is 5.97 Å². The topological polar surface area (TPSA) is 69.6 Å². The van der Waals surface area contributed by atoms with E-state index in [1.165, 1.54) is 70.6 Å². The molecule has 0 saturated heterocycles. The third kappa shape index (κ3) is 18.7. The fourth-order valence-corrected chi connectivity index (χ4v) is 3.60. The molecule has 0 aromatic heterocycles. The zero-order chi connectivity index (χ0) is 22.5. The minimum Gasteiger partial charge on any atom is -0.480 e. The predicted molar refractivity (Wildman–Crippen MR) is 127 cm³/mol. The van der Waals surface area contributed by atoms with Crippen molar-refractivity contribution in [2.24, 2.45) is 0 Å². The molecule has 0 spiro atoms. The quantitative estimate of drug-likeness (QED) is 0.177. The van der Waals surface area contributed by atoms with Crippen molar-refractivity contribution in [3.8, 4) is 0 Å². The van der Waals surface area contributed by atoms with Crippen LogP contribution in [0, 0.1) is 0 Å². The Kier molecular flexibility index (Phi) is 19.9. The number of carbonyl (C=O) groups excluding carboxylic acids is 1. The zero-order valence-electron chi connectivity index (χ0n) is 20.0. The Labute approximate surface area is 185 Å². The summed E-state index contributed by atoms with van der Waals surface area (Å²) in [6.07, 6.45) is 22.7. The summed E-state index contributed by atoms with van der Waals surface area (Å²) in [6.45, 7) is 2.88. The van der Waals surface area contributed by atoms with Crippen LogP contribution in [-0.2, 0) is 9.59 Å². The second-order valence-electron chi connectivity index (χ2n) is 8.66. The van der Waals surface area contributed by atoms with Crippen molar-refractivity contribution >= 4 is 11.9 Å². The number of carbonyl (C=O) groups is 2. The van der Waals surface area contributed by atoms with Gasteiger partial charge in [-0.3, -0.25) is 14.5 Å². The van der Waals surface area contributed by atoms with Crippen molar-refractivity contribution in [2.75, 3.05) is 20.6 Å². The summed E-state index contributed by atoms with van der Waals surface area (Å²) in [5.41, 5.74) is 0. The number of rotatable bonds is 21. The first-order valence-electron chi connectivity index (χ1n) is 12.3. The number of hydrogen-bond donors (Lipinski definition) is 2. The normalized spacial score (nSPS) is 12.5. The van der Waals surface area contributed by atoms with Crippen molar-refractivity contribution < 1.29 is 14.7 Å². The Balaban J connectivity index is 3.44. The third-order valence-electron chi connectivity index (χ3n) is 5.58. The molecule has 0 radical (unpaired) electrons. The number of hydrogen-bond acceptors (Lipinski definition) is 3. The molecule has 0 aliphatic carbocycles. The highest BCUT2D eigenvalue weighted by Crippen LogP contribution is 2.12. The van der Waals surface area contributed by atoms with Gasteiger partial charge in [-0.25, -0.2) is 0 Å². The molecule has 5 nitrogen and oxygen atoms in total. The maximum Gasteiger partial charge on any atom is 0.320 e. The van der Waals surface area contributed by atoms with Crippen LogP contribution in [0.5, 0.6) is 0 Å². The van der Waals surface area contributed by atoms with Crippen LogP contribution in [0.25, 0.3) is 0 Å². The van der Waals surface area contributed by atoms with E-state index in [1.54, 1.807) is 19.0 Å². The average Bonchev–Trinajstić information content (AvgIpc) is 2.70. The highest BCUT2D eigenvalue weighted by molar-refractivity contribution is 5.77. The van der Waals surface area contributed by atoms with Gasteiger partial charge < -0.3 is 10.4 Å². The predicted octanol–water partition coefficient (Wildman–Crippen LogP) is 5.94. The molecule has 1 amide bonds. The van der Waals surface area contributed by atoms with E-state index in [0.717, 1.165) is 19.3 Å². The maximum atomic E-state index is 11.8. The molecule has 0 aliphatic heterocycles. The van der Waals surface area contributed by atoms with E-state index in [1.807, 2.05) is 6.08 Å². The van der Waals surface area contributed by atoms with Gasteiger partial charge in [0.05, 0.1) is 0 Å². The van der Waals surface area contributed by atoms with Gasteiger partial charge in [0.15, 0.2) is 0 Å². The van der Waals surface area contributed by atoms with Gasteiger partial charge in [-0.2, -0.15) is 0 Å². The lowest BCUT2D eigenvalue weighted by Crippen LogP contribution is -2.35. The summed E-state index contributed by atoms with van der Waals surface area (Å²) >= 11 is 0. The lowest BCUT2D eigenvalue weighted by atomic mass is 10.1. The van der Waals surface area contributed by atoms with Gasteiger partial charge in [0.2, 0.25) is 5.91 Å². The van der Waals surface area contributed by atoms with Crippen LogP contribution in [0.2, 0.25) is 0 Å². The summed E-state index contributed by atoms with van der Waals surface area (Å²) in [4.78, 5) is 24.6. The van der Waals surface area contributed by atoms with E-state index < -0.39 is 12.0 Å². The van der Waals surface area contributed by atoms with E-state index in [2.05, 4.69) is 18.3 Å². The Morgan fingerprint density at radius 3 is 1.93 bits per heavy atom. The number of nitrogens with one attached hydrogen (secondary N) is 1. The Bertz CT molecular complexity index is 450. The molecule has 5 heteroatoms. The van der Waals surface area contributed by atoms with E-state index in [9.17, 15) is 9.59 Å². The number of unbranched alkanes of at least 4 members (excludes halogenated alkanes) is 12. The number of carboxylic acid groups (broad SMARTS) is 1. The molecule has 1 atom stereocenters. The van der Waals surface area contributed by atoms with Gasteiger partial charge in [-0.05, 0) is 46.2 Å². The monoisotopic (exact) mass is 424 g/mol. The van der Waals surface area contributed by atoms with E-state index >= 15 is 0 Å². The summed E-state index contributed by atoms with van der Waals surface area (Å²) in [5.74, 6) is -0.737. The summed E-state index contributed by atoms with van der Waals surface area (Å²) < 4.78 is 0. The second-order valence-corrected chi connectivity index (χ2v) is 8.66. The largest absolute Gasteiger partial charge is 0.480 e. The molecule has 0 aromatic rings. The molecule has 0 aromatic carbocycles. The van der Waals surface area contributed by atoms with Crippen molar-refractivity contribution in [1.82, 2.24) is 10.2 Å². The Morgan fingerprint density at radius 1 is 0.833 bits per heavy atom. The van der Waals surface area contributed by atoms with Crippen LogP contribution in [0.4, 0.5) is 0 Å². The molecule has 2 N–H and O–H groups in total. The van der Waals surface area contributed by atoms with Crippen LogP contribution in [-0.4, -0.2) is 48.6 Å². The third-order valence-corrected chi connectivity index (χ3v) is 5.58. The van der Waals surface area contributed by atoms with Crippen LogP contribution >= 0.6 is 0 Å². The SMILES string of the molecule is CCCCCCCCCCCCC/C=C/CC(=O)NCCCC[C@@H](C(=O)O)N(C)C. The van der Waals surface area contributed by atoms with Crippen LogP contribution in [0.3, 0.4) is 0 Å². The number of allylic oxidation sites excluding steroid dienone is 1. The van der Waals surface area contributed by atoms with Gasteiger partial charge in [0, 0.05) is 13.0 Å². The maximum absolute atomic E-state index is 11.8. The molecule has 176 valence electrons. The molecule has 0 unspecified atom stereocenters. The number of likely N-dealkylation sites (N-methyl/N-ethyl adjacent to an activating group) is 1. The molecular weight excluding hydrogens is 376 g/mol. The number of nitrogens with zero attached hydrogens (tertiary/aromatic N) is 1. The minimum atomic E-state index is -0.785. The van der Waals surface area contributed by atoms with Crippen LogP contribution < -0.4 is 5.32 Å². The number of aliphatic carboxylic acids is 1. The van der Waals surface area contributed by atoms with E-state index in [4.69, 9.17) is 5.11 Å². The number of carboxylic acids is 1. The van der Waals surface area contributed by atoms with Gasteiger partial charge in [-0.15, -0.1) is 0 Å². The summed E-state index contributed by atoms with van der Waals surface area (Å²) in [5, 5.41) is 12.0. The molecule has 0 bridgehead atoms. The lowest BCUT2D eigenvalue weighted by Gasteiger charge is -2.19. The van der Waals surface area contributed by atoms with Gasteiger partial charge in [0.25, 0.3) is 0 Å². The van der Waals surface area contributed by atoms with Gasteiger partial charge in [0.1, 0.15) is 6.04 Å². The molecule has 0 rings (SSSR count). The first-order chi connectivity index (χ1) is 14.5. The molecule has 30 heavy (non-hydrogen) atoms. The second kappa shape index (κ2) is 20.9. The average molecular weight is 425 g/mol. The van der Waals surface area contributed by atoms with Crippen molar-refractivity contribution in [2.45, 2.75) is 116 Å². The Hall–Kier alpha value is -1.36. The molecule has 0 saturated carbocycles.